The monoisotopic (exact) mass is 542 g/mol. The number of unbranched alkanes of at least 4 members (excludes halogenated alkanes) is 2. The normalized spacial score (nSPS) is 12.9. The Balaban J connectivity index is 3.80. The Hall–Kier alpha value is -0.382. The zero-order chi connectivity index (χ0) is 26.3. The van der Waals surface area contributed by atoms with Gasteiger partial charge in [0.05, 0.1) is 29.4 Å². The van der Waals surface area contributed by atoms with Gasteiger partial charge in [-0.2, -0.15) is 0 Å². The lowest BCUT2D eigenvalue weighted by Gasteiger charge is -2.24. The lowest BCUT2D eigenvalue weighted by Crippen LogP contribution is -2.27. The second kappa shape index (κ2) is 16.4. The van der Waals surface area contributed by atoms with Gasteiger partial charge < -0.3 is 9.47 Å². The lowest BCUT2D eigenvalue weighted by molar-refractivity contribution is 0.0535. The molecule has 200 valence electrons. The van der Waals surface area contributed by atoms with Crippen LogP contribution in [0.15, 0.2) is 24.6 Å². The second-order valence-electron chi connectivity index (χ2n) is 13.3. The summed E-state index contributed by atoms with van der Waals surface area (Å²) < 4.78 is 10.6. The summed E-state index contributed by atoms with van der Waals surface area (Å²) >= 11 is 0. The minimum absolute atomic E-state index is 0.485. The molecule has 0 unspecified atom stereocenters. The molecule has 0 rings (SSSR count). The zero-order valence-corrected chi connectivity index (χ0v) is 28.2. The molecule has 0 N–H and O–H groups in total. The van der Waals surface area contributed by atoms with Crippen LogP contribution >= 0.6 is 0 Å². The largest absolute Gasteiger partial charge is 0.508 e. The molecule has 0 spiro atoms. The second-order valence-corrected chi connectivity index (χ2v) is 33.7. The maximum absolute atomic E-state index is 11.9. The van der Waals surface area contributed by atoms with Crippen molar-refractivity contribution in [3.8, 4) is 0 Å². The number of hydrogen-bond donors (Lipinski definition) is 0. The Labute approximate surface area is 217 Å². The third kappa shape index (κ3) is 18.9. The van der Waals surface area contributed by atoms with Crippen LogP contribution in [-0.4, -0.2) is 51.7 Å². The van der Waals surface area contributed by atoms with E-state index in [1.165, 1.54) is 49.1 Å². The molecule has 0 aromatic rings. The summed E-state index contributed by atoms with van der Waals surface area (Å²) in [6.07, 6.45) is 6.42. The van der Waals surface area contributed by atoms with Crippen LogP contribution in [0.25, 0.3) is 0 Å². The predicted octanol–water partition coefficient (Wildman–Crippen LogP) is 9.76. The Morgan fingerprint density at radius 1 is 0.559 bits per heavy atom. The molecule has 0 saturated heterocycles. The number of carbonyl (C=O) groups is 1. The van der Waals surface area contributed by atoms with Crippen LogP contribution < -0.4 is 0 Å². The topological polar surface area (TPSA) is 35.5 Å². The van der Waals surface area contributed by atoms with Gasteiger partial charge in [-0.15, -0.1) is 24.6 Å². The van der Waals surface area contributed by atoms with Crippen molar-refractivity contribution in [2.45, 2.75) is 127 Å². The quantitative estimate of drug-likeness (QED) is 0.0872. The van der Waals surface area contributed by atoms with Crippen molar-refractivity contribution >= 4 is 38.5 Å². The lowest BCUT2D eigenvalue weighted by atomic mass is 10.3. The molecule has 0 bridgehead atoms. The van der Waals surface area contributed by atoms with E-state index in [2.05, 4.69) is 76.9 Å². The smallest absolute Gasteiger partial charge is 0.434 e. The summed E-state index contributed by atoms with van der Waals surface area (Å²) in [5.74, 6) is 0. The average Bonchev–Trinajstić information content (AvgIpc) is 2.72. The molecule has 0 heterocycles. The van der Waals surface area contributed by atoms with E-state index in [1.54, 1.807) is 0 Å². The van der Waals surface area contributed by atoms with Gasteiger partial charge in [0.2, 0.25) is 0 Å². The van der Waals surface area contributed by atoms with Gasteiger partial charge in [0.15, 0.2) is 0 Å². The van der Waals surface area contributed by atoms with Gasteiger partial charge in [0, 0.05) is 16.1 Å². The Morgan fingerprint density at radius 3 is 1.21 bits per heavy atom. The molecule has 0 aromatic carbocycles. The number of carbonyl (C=O) groups excluding carboxylic acids is 1. The van der Waals surface area contributed by atoms with E-state index in [-0.39, 0.29) is 0 Å². The number of ether oxygens (including phenoxy) is 2. The maximum Gasteiger partial charge on any atom is 0.508 e. The molecule has 3 nitrogen and oxygen atoms in total. The summed E-state index contributed by atoms with van der Waals surface area (Å²) in [4.78, 5) is 11.9. The molecule has 0 saturated carbocycles. The molecule has 0 aromatic heterocycles. The van der Waals surface area contributed by atoms with Crippen LogP contribution in [0.1, 0.15) is 38.5 Å². The Bertz CT molecular complexity index is 551. The summed E-state index contributed by atoms with van der Waals surface area (Å²) in [7, 11) is -4.60. The SMILES string of the molecule is C=C[Si](C)(C)CCC[Si](C)(C)CCCCOC(=O)OCCCC[Si](C)(C)CCC[Si](C)(C)C=C. The van der Waals surface area contributed by atoms with Gasteiger partial charge in [-0.3, -0.25) is 0 Å². The standard InChI is InChI=1S/C27H58O3Si4/c1-11-31(3,4)23-17-25-33(7,8)21-15-13-19-29-27(28)30-20-14-16-22-34(9,10)26-18-24-32(5,6)12-2/h11-12H,1-2,13-26H2,3-10H3. The molecule has 0 aliphatic heterocycles. The summed E-state index contributed by atoms with van der Waals surface area (Å²) in [6.45, 7) is 28.6. The Morgan fingerprint density at radius 2 is 0.882 bits per heavy atom. The highest BCUT2D eigenvalue weighted by Crippen LogP contribution is 2.26. The first kappa shape index (κ1) is 33.6. The van der Waals surface area contributed by atoms with E-state index in [0.717, 1.165) is 25.7 Å². The van der Waals surface area contributed by atoms with Crippen LogP contribution in [0.5, 0.6) is 0 Å². The van der Waals surface area contributed by atoms with Crippen LogP contribution in [0.4, 0.5) is 4.79 Å². The van der Waals surface area contributed by atoms with E-state index in [1.807, 2.05) is 0 Å². The van der Waals surface area contributed by atoms with Crippen molar-refractivity contribution in [2.75, 3.05) is 13.2 Å². The molecule has 0 fully saturated rings. The fraction of sp³-hybridized carbons (Fsp3) is 0.815. The maximum atomic E-state index is 11.9. The van der Waals surface area contributed by atoms with Gasteiger partial charge in [-0.25, -0.2) is 4.79 Å². The number of rotatable bonds is 20. The Kier molecular flexibility index (Phi) is 16.2. The van der Waals surface area contributed by atoms with E-state index in [0.29, 0.717) is 13.2 Å². The van der Waals surface area contributed by atoms with Crippen molar-refractivity contribution < 1.29 is 14.3 Å². The van der Waals surface area contributed by atoms with Gasteiger partial charge >= 0.3 is 6.16 Å². The van der Waals surface area contributed by atoms with Gasteiger partial charge in [-0.1, -0.05) is 114 Å². The highest BCUT2D eigenvalue weighted by Gasteiger charge is 2.23. The molecule has 7 heteroatoms. The van der Waals surface area contributed by atoms with Gasteiger partial charge in [0.25, 0.3) is 0 Å². The minimum Gasteiger partial charge on any atom is -0.434 e. The third-order valence-electron chi connectivity index (χ3n) is 7.39. The first-order chi connectivity index (χ1) is 15.6. The number of hydrogen-bond acceptors (Lipinski definition) is 3. The molecule has 0 amide bonds. The molecule has 0 aliphatic carbocycles. The zero-order valence-electron chi connectivity index (χ0n) is 24.2. The average molecular weight is 543 g/mol. The van der Waals surface area contributed by atoms with Crippen LogP contribution in [0, 0.1) is 0 Å². The molecular formula is C27H58O3Si4. The van der Waals surface area contributed by atoms with E-state index >= 15 is 0 Å². The van der Waals surface area contributed by atoms with Crippen LogP contribution in [-0.2, 0) is 9.47 Å². The van der Waals surface area contributed by atoms with E-state index in [9.17, 15) is 4.79 Å². The van der Waals surface area contributed by atoms with Crippen molar-refractivity contribution in [3.05, 3.63) is 24.6 Å². The fourth-order valence-corrected chi connectivity index (χ4v) is 12.7. The molecule has 34 heavy (non-hydrogen) atoms. The van der Waals surface area contributed by atoms with Crippen molar-refractivity contribution in [1.82, 2.24) is 0 Å². The summed E-state index contributed by atoms with van der Waals surface area (Å²) in [6, 6.07) is 8.14. The fourth-order valence-electron chi connectivity index (χ4n) is 4.26. The summed E-state index contributed by atoms with van der Waals surface area (Å²) in [5.41, 5.74) is 4.43. The third-order valence-corrected chi connectivity index (χ3v) is 19.7. The highest BCUT2D eigenvalue weighted by molar-refractivity contribution is 6.83. The highest BCUT2D eigenvalue weighted by atomic mass is 28.3. The molecular weight excluding hydrogens is 485 g/mol. The predicted molar refractivity (Wildman–Crippen MR) is 164 cm³/mol. The van der Waals surface area contributed by atoms with Crippen molar-refractivity contribution in [3.63, 3.8) is 0 Å². The van der Waals surface area contributed by atoms with Gasteiger partial charge in [0.1, 0.15) is 0 Å². The molecule has 0 radical (unpaired) electrons. The van der Waals surface area contributed by atoms with E-state index in [4.69, 9.17) is 9.47 Å². The minimum atomic E-state index is -1.16. The van der Waals surface area contributed by atoms with Crippen molar-refractivity contribution in [2.24, 2.45) is 0 Å². The van der Waals surface area contributed by atoms with Crippen LogP contribution in [0.3, 0.4) is 0 Å². The summed E-state index contributed by atoms with van der Waals surface area (Å²) in [5, 5.41) is 0. The first-order valence-electron chi connectivity index (χ1n) is 13.7. The first-order valence-corrected chi connectivity index (χ1v) is 27.1. The van der Waals surface area contributed by atoms with E-state index < -0.39 is 38.5 Å². The van der Waals surface area contributed by atoms with Crippen LogP contribution in [0.2, 0.25) is 88.6 Å². The molecule has 0 atom stereocenters. The molecule has 0 aliphatic rings. The van der Waals surface area contributed by atoms with Crippen molar-refractivity contribution in [1.29, 1.82) is 0 Å². The van der Waals surface area contributed by atoms with Gasteiger partial charge in [-0.05, 0) is 12.8 Å².